The summed E-state index contributed by atoms with van der Waals surface area (Å²) in [7, 11) is 0. The van der Waals surface area contributed by atoms with E-state index in [1.807, 2.05) is 24.3 Å². The predicted octanol–water partition coefficient (Wildman–Crippen LogP) is 4.16. The van der Waals surface area contributed by atoms with Crippen molar-refractivity contribution in [1.82, 2.24) is 9.97 Å². The molecule has 0 aliphatic carbocycles. The maximum atomic E-state index is 7.53. The molecule has 2 aromatic carbocycles. The van der Waals surface area contributed by atoms with E-state index in [1.165, 1.54) is 17.3 Å². The fourth-order valence-electron chi connectivity index (χ4n) is 2.66. The third kappa shape index (κ3) is 3.92. The number of nitrogen functional groups attached to an aromatic ring is 1. The first kappa shape index (κ1) is 16.4. The lowest BCUT2D eigenvalue weighted by Gasteiger charge is -2.12. The van der Waals surface area contributed by atoms with Gasteiger partial charge in [-0.1, -0.05) is 12.1 Å². The van der Waals surface area contributed by atoms with Crippen molar-refractivity contribution in [2.45, 2.75) is 13.8 Å². The number of nitrogens with two attached hydrogens (primary N) is 1. The summed E-state index contributed by atoms with van der Waals surface area (Å²) in [5, 5.41) is 13.9. The summed E-state index contributed by atoms with van der Waals surface area (Å²) >= 11 is 0. The minimum absolute atomic E-state index is 0.496. The number of aryl methyl sites for hydroxylation is 2. The molecule has 126 valence electrons. The first-order valence-electron chi connectivity index (χ1n) is 7.89. The van der Waals surface area contributed by atoms with Gasteiger partial charge in [-0.15, -0.1) is 0 Å². The van der Waals surface area contributed by atoms with Gasteiger partial charge in [0.25, 0.3) is 0 Å². The van der Waals surface area contributed by atoms with Gasteiger partial charge in [0.1, 0.15) is 5.82 Å². The average Bonchev–Trinajstić information content (AvgIpc) is 2.54. The van der Waals surface area contributed by atoms with E-state index in [1.54, 1.807) is 18.3 Å². The van der Waals surface area contributed by atoms with E-state index in [0.29, 0.717) is 23.0 Å². The minimum Gasteiger partial charge on any atom is -0.398 e. The number of hydrogen-bond acceptors (Lipinski definition) is 6. The van der Waals surface area contributed by atoms with E-state index in [-0.39, 0.29) is 0 Å². The number of anilines is 5. The third-order valence-corrected chi connectivity index (χ3v) is 3.68. The van der Waals surface area contributed by atoms with Crippen LogP contribution in [0.25, 0.3) is 0 Å². The summed E-state index contributed by atoms with van der Waals surface area (Å²) in [6.07, 6.45) is 2.91. The van der Waals surface area contributed by atoms with Crippen LogP contribution < -0.4 is 16.4 Å². The Morgan fingerprint density at radius 2 is 1.80 bits per heavy atom. The minimum atomic E-state index is 0.496. The Bertz CT molecular complexity index is 899. The van der Waals surface area contributed by atoms with Crippen molar-refractivity contribution in [2.75, 3.05) is 16.4 Å². The Kier molecular flexibility index (Phi) is 4.61. The first-order valence-corrected chi connectivity index (χ1v) is 7.89. The van der Waals surface area contributed by atoms with Crippen molar-refractivity contribution >= 4 is 35.0 Å². The molecule has 0 spiro atoms. The fraction of sp³-hybridized carbons (Fsp3) is 0.105. The number of nitrogens with zero attached hydrogens (tertiary/aromatic N) is 2. The highest BCUT2D eigenvalue weighted by atomic mass is 15.1. The van der Waals surface area contributed by atoms with Crippen LogP contribution in [-0.4, -0.2) is 16.2 Å². The molecule has 1 aromatic heterocycles. The van der Waals surface area contributed by atoms with Crippen molar-refractivity contribution in [2.24, 2.45) is 0 Å². The summed E-state index contributed by atoms with van der Waals surface area (Å²) in [6, 6.07) is 13.4. The highest BCUT2D eigenvalue weighted by molar-refractivity contribution is 5.93. The molecule has 0 amide bonds. The molecule has 0 bridgehead atoms. The van der Waals surface area contributed by atoms with E-state index in [4.69, 9.17) is 11.1 Å². The zero-order chi connectivity index (χ0) is 17.8. The van der Waals surface area contributed by atoms with Crippen LogP contribution in [0.3, 0.4) is 0 Å². The molecule has 3 aromatic rings. The fourth-order valence-corrected chi connectivity index (χ4v) is 2.66. The van der Waals surface area contributed by atoms with Gasteiger partial charge in [-0.3, -0.25) is 0 Å². The van der Waals surface area contributed by atoms with E-state index >= 15 is 0 Å². The van der Waals surface area contributed by atoms with E-state index in [9.17, 15) is 0 Å². The Balaban J connectivity index is 1.85. The van der Waals surface area contributed by atoms with Crippen molar-refractivity contribution in [1.29, 1.82) is 5.41 Å². The molecule has 0 radical (unpaired) electrons. The highest BCUT2D eigenvalue weighted by Gasteiger charge is 2.06. The monoisotopic (exact) mass is 332 g/mol. The molecule has 5 N–H and O–H groups in total. The van der Waals surface area contributed by atoms with Crippen LogP contribution in [0.1, 0.15) is 16.7 Å². The second kappa shape index (κ2) is 7.00. The first-order chi connectivity index (χ1) is 12.0. The maximum Gasteiger partial charge on any atom is 0.229 e. The smallest absolute Gasteiger partial charge is 0.229 e. The lowest BCUT2D eigenvalue weighted by Crippen LogP contribution is -2.03. The number of aromatic nitrogens is 2. The van der Waals surface area contributed by atoms with Crippen LogP contribution in [0.15, 0.2) is 48.7 Å². The van der Waals surface area contributed by atoms with Gasteiger partial charge >= 0.3 is 0 Å². The zero-order valence-electron chi connectivity index (χ0n) is 14.2. The Labute approximate surface area is 146 Å². The summed E-state index contributed by atoms with van der Waals surface area (Å²) in [6.45, 7) is 4.10. The summed E-state index contributed by atoms with van der Waals surface area (Å²) in [5.74, 6) is 1.12. The van der Waals surface area contributed by atoms with Crippen molar-refractivity contribution < 1.29 is 0 Å². The second-order valence-corrected chi connectivity index (χ2v) is 5.84. The second-order valence-electron chi connectivity index (χ2n) is 5.84. The predicted molar refractivity (Wildman–Crippen MR) is 103 cm³/mol. The van der Waals surface area contributed by atoms with Gasteiger partial charge in [-0.05, 0) is 55.3 Å². The van der Waals surface area contributed by atoms with Crippen LogP contribution in [0.2, 0.25) is 0 Å². The van der Waals surface area contributed by atoms with Crippen LogP contribution in [-0.2, 0) is 0 Å². The van der Waals surface area contributed by atoms with E-state index in [0.717, 1.165) is 11.4 Å². The van der Waals surface area contributed by atoms with E-state index in [2.05, 4.69) is 40.5 Å². The number of benzene rings is 2. The molecular weight excluding hydrogens is 312 g/mol. The topological polar surface area (TPSA) is 99.7 Å². The van der Waals surface area contributed by atoms with Crippen LogP contribution in [0.5, 0.6) is 0 Å². The van der Waals surface area contributed by atoms with Crippen molar-refractivity contribution in [3.63, 3.8) is 0 Å². The Hall–Kier alpha value is -3.41. The average molecular weight is 332 g/mol. The molecule has 1 heterocycles. The SMILES string of the molecule is Cc1cc(C)cc(Nc2nccc(Nc3cccc(N)c3C=N)n2)c1. The number of hydrogen-bond donors (Lipinski definition) is 4. The molecule has 0 unspecified atom stereocenters. The molecule has 0 saturated heterocycles. The number of rotatable bonds is 5. The number of nitrogens with one attached hydrogen (secondary N) is 3. The van der Waals surface area contributed by atoms with Crippen LogP contribution >= 0.6 is 0 Å². The van der Waals surface area contributed by atoms with E-state index < -0.39 is 0 Å². The standard InChI is InChI=1S/C19H20N6/c1-12-8-13(2)10-14(9-12)23-19-22-7-6-18(25-19)24-17-5-3-4-16(21)15(17)11-20/h3-11,20H,21H2,1-2H3,(H2,22,23,24,25). The van der Waals surface area contributed by atoms with Gasteiger partial charge in [-0.25, -0.2) is 4.98 Å². The van der Waals surface area contributed by atoms with Gasteiger partial charge < -0.3 is 21.8 Å². The van der Waals surface area contributed by atoms with Crippen LogP contribution in [0, 0.1) is 19.3 Å². The molecule has 6 heteroatoms. The molecule has 0 fully saturated rings. The van der Waals surface area contributed by atoms with Gasteiger partial charge in [0.15, 0.2) is 0 Å². The molecule has 0 aliphatic heterocycles. The lowest BCUT2D eigenvalue weighted by molar-refractivity contribution is 1.16. The quantitative estimate of drug-likeness (QED) is 0.415. The van der Waals surface area contributed by atoms with Gasteiger partial charge in [0.2, 0.25) is 5.95 Å². The largest absolute Gasteiger partial charge is 0.398 e. The van der Waals surface area contributed by atoms with Gasteiger partial charge in [-0.2, -0.15) is 4.98 Å². The Morgan fingerprint density at radius 3 is 2.52 bits per heavy atom. The molecular formula is C19H20N6. The third-order valence-electron chi connectivity index (χ3n) is 3.68. The molecule has 0 saturated carbocycles. The maximum absolute atomic E-state index is 7.53. The summed E-state index contributed by atoms with van der Waals surface area (Å²) in [5.41, 5.74) is 11.1. The normalized spacial score (nSPS) is 10.3. The lowest BCUT2D eigenvalue weighted by atomic mass is 10.1. The Morgan fingerprint density at radius 1 is 1.04 bits per heavy atom. The van der Waals surface area contributed by atoms with Gasteiger partial charge in [0.05, 0.1) is 5.69 Å². The molecule has 3 rings (SSSR count). The van der Waals surface area contributed by atoms with Crippen molar-refractivity contribution in [3.8, 4) is 0 Å². The van der Waals surface area contributed by atoms with Crippen LogP contribution in [0.4, 0.5) is 28.8 Å². The van der Waals surface area contributed by atoms with Crippen molar-refractivity contribution in [3.05, 3.63) is 65.4 Å². The van der Waals surface area contributed by atoms with Gasteiger partial charge in [0, 0.05) is 29.3 Å². The molecule has 0 atom stereocenters. The molecule has 6 nitrogen and oxygen atoms in total. The highest BCUT2D eigenvalue weighted by Crippen LogP contribution is 2.24. The molecule has 25 heavy (non-hydrogen) atoms. The molecule has 0 aliphatic rings. The zero-order valence-corrected chi connectivity index (χ0v) is 14.2. The summed E-state index contributed by atoms with van der Waals surface area (Å²) < 4.78 is 0. The summed E-state index contributed by atoms with van der Waals surface area (Å²) in [4.78, 5) is 8.74.